The van der Waals surface area contributed by atoms with Gasteiger partial charge in [0, 0.05) is 26.0 Å². The first-order valence-corrected chi connectivity index (χ1v) is 7.92. The van der Waals surface area contributed by atoms with Crippen molar-refractivity contribution in [3.8, 4) is 0 Å². The minimum atomic E-state index is -3.21. The molecule has 18 heavy (non-hydrogen) atoms. The first-order chi connectivity index (χ1) is 8.55. The fourth-order valence-corrected chi connectivity index (χ4v) is 2.48. The highest BCUT2D eigenvalue weighted by Gasteiger charge is 2.13. The number of nitrogens with zero attached hydrogens (tertiary/aromatic N) is 1. The van der Waals surface area contributed by atoms with Gasteiger partial charge in [0.25, 0.3) is 0 Å². The molecular weight excluding hydrogens is 252 g/mol. The van der Waals surface area contributed by atoms with Gasteiger partial charge < -0.3 is 10.1 Å². The number of aromatic nitrogens is 1. The van der Waals surface area contributed by atoms with E-state index < -0.39 is 9.84 Å². The molecule has 5 nitrogen and oxygen atoms in total. The van der Waals surface area contributed by atoms with E-state index >= 15 is 0 Å². The van der Waals surface area contributed by atoms with Crippen LogP contribution in [0.25, 0.3) is 0 Å². The molecule has 0 bridgehead atoms. The zero-order valence-corrected chi connectivity index (χ0v) is 11.2. The molecule has 6 heteroatoms. The molecule has 0 radical (unpaired) electrons. The Balaban J connectivity index is 1.90. The summed E-state index contributed by atoms with van der Waals surface area (Å²) in [6, 6.07) is 3.28. The van der Waals surface area contributed by atoms with Crippen LogP contribution in [-0.4, -0.2) is 39.4 Å². The van der Waals surface area contributed by atoms with E-state index in [2.05, 4.69) is 10.3 Å². The van der Waals surface area contributed by atoms with Gasteiger partial charge in [-0.05, 0) is 30.9 Å². The van der Waals surface area contributed by atoms with Crippen LogP contribution >= 0.6 is 0 Å². The van der Waals surface area contributed by atoms with Gasteiger partial charge in [0.05, 0.1) is 11.9 Å². The fourth-order valence-electron chi connectivity index (χ4n) is 1.92. The molecule has 100 valence electrons. The summed E-state index contributed by atoms with van der Waals surface area (Å²) in [5, 5.41) is 3.39. The second-order valence-electron chi connectivity index (χ2n) is 4.59. The van der Waals surface area contributed by atoms with E-state index in [1.165, 1.54) is 6.07 Å². The van der Waals surface area contributed by atoms with E-state index in [1.54, 1.807) is 12.3 Å². The summed E-state index contributed by atoms with van der Waals surface area (Å²) in [5.41, 5.74) is 0.855. The average molecular weight is 270 g/mol. The third-order valence-corrected chi connectivity index (χ3v) is 4.05. The Hall–Kier alpha value is -1.14. The van der Waals surface area contributed by atoms with Gasteiger partial charge >= 0.3 is 0 Å². The van der Waals surface area contributed by atoms with Crippen molar-refractivity contribution >= 4 is 15.5 Å². The Labute approximate surface area is 107 Å². The normalized spacial score (nSPS) is 17.6. The summed E-state index contributed by atoms with van der Waals surface area (Å²) < 4.78 is 27.8. The van der Waals surface area contributed by atoms with Gasteiger partial charge in [-0.15, -0.1) is 0 Å². The van der Waals surface area contributed by atoms with Gasteiger partial charge in [0.1, 0.15) is 0 Å². The van der Waals surface area contributed by atoms with Crippen molar-refractivity contribution in [2.75, 3.05) is 31.3 Å². The zero-order chi connectivity index (χ0) is 13.0. The Morgan fingerprint density at radius 2 is 2.11 bits per heavy atom. The van der Waals surface area contributed by atoms with E-state index in [0.717, 1.165) is 44.5 Å². The molecule has 1 fully saturated rings. The van der Waals surface area contributed by atoms with Crippen molar-refractivity contribution in [3.63, 3.8) is 0 Å². The Morgan fingerprint density at radius 1 is 1.39 bits per heavy atom. The number of pyridine rings is 1. The third-order valence-electron chi connectivity index (χ3n) is 3.05. The Bertz CT molecular complexity index is 479. The van der Waals surface area contributed by atoms with Crippen LogP contribution in [0.1, 0.15) is 12.8 Å². The summed E-state index contributed by atoms with van der Waals surface area (Å²) in [4.78, 5) is 3.94. The molecule has 0 atom stereocenters. The van der Waals surface area contributed by atoms with Gasteiger partial charge in [0.15, 0.2) is 14.9 Å². The highest BCUT2D eigenvalue weighted by molar-refractivity contribution is 7.90. The monoisotopic (exact) mass is 270 g/mol. The molecule has 1 aromatic rings. The van der Waals surface area contributed by atoms with E-state index in [9.17, 15) is 8.42 Å². The first kappa shape index (κ1) is 13.3. The number of hydrogen-bond donors (Lipinski definition) is 1. The van der Waals surface area contributed by atoms with Crippen LogP contribution in [0.15, 0.2) is 23.4 Å². The molecule has 1 aliphatic heterocycles. The molecule has 1 saturated heterocycles. The first-order valence-electron chi connectivity index (χ1n) is 6.03. The minimum absolute atomic E-state index is 0.110. The van der Waals surface area contributed by atoms with Crippen LogP contribution in [0.3, 0.4) is 0 Å². The average Bonchev–Trinajstić information content (AvgIpc) is 2.37. The largest absolute Gasteiger partial charge is 0.384 e. The van der Waals surface area contributed by atoms with Crippen molar-refractivity contribution < 1.29 is 13.2 Å². The van der Waals surface area contributed by atoms with Crippen LogP contribution < -0.4 is 5.32 Å². The topological polar surface area (TPSA) is 68.3 Å². The molecule has 0 amide bonds. The summed E-state index contributed by atoms with van der Waals surface area (Å²) >= 11 is 0. The van der Waals surface area contributed by atoms with Crippen LogP contribution in [0.5, 0.6) is 0 Å². The van der Waals surface area contributed by atoms with Crippen LogP contribution in [0, 0.1) is 5.92 Å². The van der Waals surface area contributed by atoms with Crippen molar-refractivity contribution in [1.29, 1.82) is 0 Å². The number of nitrogens with one attached hydrogen (secondary N) is 1. The van der Waals surface area contributed by atoms with Crippen molar-refractivity contribution in [1.82, 2.24) is 4.98 Å². The highest BCUT2D eigenvalue weighted by atomic mass is 32.2. The number of hydrogen-bond acceptors (Lipinski definition) is 5. The number of ether oxygens (including phenoxy) is 1. The molecular formula is C12H18N2O3S. The van der Waals surface area contributed by atoms with Crippen molar-refractivity contribution in [2.24, 2.45) is 5.92 Å². The Kier molecular flexibility index (Phi) is 4.19. The maximum Gasteiger partial charge on any atom is 0.192 e. The van der Waals surface area contributed by atoms with Crippen molar-refractivity contribution in [2.45, 2.75) is 17.9 Å². The molecule has 1 N–H and O–H groups in total. The summed E-state index contributed by atoms with van der Waals surface area (Å²) in [5.74, 6) is 0.619. The minimum Gasteiger partial charge on any atom is -0.384 e. The molecule has 0 aromatic carbocycles. The lowest BCUT2D eigenvalue weighted by molar-refractivity contribution is 0.0699. The SMILES string of the molecule is CS(=O)(=O)c1ccc(NCC2CCOCC2)cn1. The van der Waals surface area contributed by atoms with Crippen LogP contribution in [0.4, 0.5) is 5.69 Å². The maximum absolute atomic E-state index is 11.3. The molecule has 2 rings (SSSR count). The zero-order valence-electron chi connectivity index (χ0n) is 10.4. The van der Waals surface area contributed by atoms with Crippen LogP contribution in [-0.2, 0) is 14.6 Å². The molecule has 0 aliphatic carbocycles. The number of sulfone groups is 1. The maximum atomic E-state index is 11.3. The van der Waals surface area contributed by atoms with Crippen molar-refractivity contribution in [3.05, 3.63) is 18.3 Å². The van der Waals surface area contributed by atoms with E-state index in [0.29, 0.717) is 5.92 Å². The highest BCUT2D eigenvalue weighted by Crippen LogP contribution is 2.16. The summed E-state index contributed by atoms with van der Waals surface area (Å²) in [6.07, 6.45) is 4.86. The van der Waals surface area contributed by atoms with Crippen LogP contribution in [0.2, 0.25) is 0 Å². The fraction of sp³-hybridized carbons (Fsp3) is 0.583. The second kappa shape index (κ2) is 5.67. The molecule has 1 aromatic heterocycles. The van der Waals surface area contributed by atoms with E-state index in [1.807, 2.05) is 0 Å². The summed E-state index contributed by atoms with van der Waals surface area (Å²) in [7, 11) is -3.21. The lowest BCUT2D eigenvalue weighted by Gasteiger charge is -2.22. The molecule has 0 unspecified atom stereocenters. The standard InChI is InChI=1S/C12H18N2O3S/c1-18(15,16)12-3-2-11(9-14-12)13-8-10-4-6-17-7-5-10/h2-3,9-10,13H,4-8H2,1H3. The van der Waals surface area contributed by atoms with Gasteiger partial charge in [-0.1, -0.05) is 0 Å². The molecule has 2 heterocycles. The quantitative estimate of drug-likeness (QED) is 0.893. The van der Waals surface area contributed by atoms with Gasteiger partial charge in [-0.25, -0.2) is 13.4 Å². The Morgan fingerprint density at radius 3 is 2.67 bits per heavy atom. The number of rotatable bonds is 4. The second-order valence-corrected chi connectivity index (χ2v) is 6.56. The van der Waals surface area contributed by atoms with Gasteiger partial charge in [0.2, 0.25) is 0 Å². The number of anilines is 1. The molecule has 1 aliphatic rings. The lowest BCUT2D eigenvalue weighted by atomic mass is 10.0. The third kappa shape index (κ3) is 3.68. The molecule has 0 spiro atoms. The predicted octanol–water partition coefficient (Wildman–Crippen LogP) is 1.32. The van der Waals surface area contributed by atoms with Gasteiger partial charge in [-0.2, -0.15) is 0 Å². The lowest BCUT2D eigenvalue weighted by Crippen LogP contribution is -2.22. The van der Waals surface area contributed by atoms with E-state index in [4.69, 9.17) is 4.74 Å². The van der Waals surface area contributed by atoms with Gasteiger partial charge in [-0.3, -0.25) is 0 Å². The summed E-state index contributed by atoms with van der Waals surface area (Å²) in [6.45, 7) is 2.54. The van der Waals surface area contributed by atoms with E-state index in [-0.39, 0.29) is 5.03 Å². The predicted molar refractivity (Wildman–Crippen MR) is 69.4 cm³/mol. The smallest absolute Gasteiger partial charge is 0.192 e. The molecule has 0 saturated carbocycles.